The van der Waals surface area contributed by atoms with Gasteiger partial charge in [0.25, 0.3) is 0 Å². The first kappa shape index (κ1) is 12.6. The summed E-state index contributed by atoms with van der Waals surface area (Å²) < 4.78 is 5.06. The van der Waals surface area contributed by atoms with E-state index in [4.69, 9.17) is 4.74 Å². The second-order valence-corrected chi connectivity index (χ2v) is 5.76. The van der Waals surface area contributed by atoms with Crippen molar-refractivity contribution >= 4 is 5.97 Å². The Morgan fingerprint density at radius 1 is 1.53 bits per heavy atom. The van der Waals surface area contributed by atoms with Gasteiger partial charge in [0.1, 0.15) is 0 Å². The first-order valence-corrected chi connectivity index (χ1v) is 6.94. The SMILES string of the molecule is COC(=O)[C@@]12CCC[C@H]1CN(Cc1ccncc1)C2. The van der Waals surface area contributed by atoms with Crippen molar-refractivity contribution in [3.8, 4) is 0 Å². The fraction of sp³-hybridized carbons (Fsp3) is 0.600. The molecule has 3 rings (SSSR count). The first-order chi connectivity index (χ1) is 9.24. The number of aromatic nitrogens is 1. The van der Waals surface area contributed by atoms with Crippen molar-refractivity contribution in [3.05, 3.63) is 30.1 Å². The van der Waals surface area contributed by atoms with E-state index in [0.29, 0.717) is 5.92 Å². The van der Waals surface area contributed by atoms with Crippen molar-refractivity contribution in [1.82, 2.24) is 9.88 Å². The molecule has 0 spiro atoms. The summed E-state index contributed by atoms with van der Waals surface area (Å²) in [4.78, 5) is 18.6. The number of pyridine rings is 1. The van der Waals surface area contributed by atoms with E-state index in [-0.39, 0.29) is 11.4 Å². The molecule has 0 N–H and O–H groups in total. The minimum absolute atomic E-state index is 0.00720. The highest BCUT2D eigenvalue weighted by Gasteiger charge is 2.55. The number of ether oxygens (including phenoxy) is 1. The number of fused-ring (bicyclic) bond motifs is 1. The molecule has 102 valence electrons. The fourth-order valence-electron chi connectivity index (χ4n) is 3.80. The molecule has 2 heterocycles. The van der Waals surface area contributed by atoms with Crippen LogP contribution < -0.4 is 0 Å². The summed E-state index contributed by atoms with van der Waals surface area (Å²) >= 11 is 0. The number of carbonyl (C=O) groups is 1. The number of nitrogens with zero attached hydrogens (tertiary/aromatic N) is 2. The second kappa shape index (κ2) is 4.93. The Hall–Kier alpha value is -1.42. The maximum atomic E-state index is 12.2. The molecule has 1 saturated carbocycles. The van der Waals surface area contributed by atoms with Gasteiger partial charge < -0.3 is 4.74 Å². The summed E-state index contributed by atoms with van der Waals surface area (Å²) in [6, 6.07) is 4.08. The van der Waals surface area contributed by atoms with Gasteiger partial charge >= 0.3 is 5.97 Å². The molecule has 1 aromatic rings. The molecule has 2 aliphatic rings. The van der Waals surface area contributed by atoms with Crippen molar-refractivity contribution in [1.29, 1.82) is 0 Å². The van der Waals surface area contributed by atoms with E-state index in [1.165, 1.54) is 12.7 Å². The zero-order chi connectivity index (χ0) is 13.3. The van der Waals surface area contributed by atoms with Crippen LogP contribution in [-0.4, -0.2) is 36.1 Å². The van der Waals surface area contributed by atoms with Gasteiger partial charge in [0.15, 0.2) is 0 Å². The topological polar surface area (TPSA) is 42.4 Å². The highest BCUT2D eigenvalue weighted by molar-refractivity contribution is 5.78. The maximum Gasteiger partial charge on any atom is 0.313 e. The number of esters is 1. The zero-order valence-electron chi connectivity index (χ0n) is 11.3. The lowest BCUT2D eigenvalue weighted by Gasteiger charge is -2.25. The van der Waals surface area contributed by atoms with Crippen LogP contribution in [0.15, 0.2) is 24.5 Å². The van der Waals surface area contributed by atoms with Crippen LogP contribution in [0.4, 0.5) is 0 Å². The van der Waals surface area contributed by atoms with Crippen LogP contribution in [-0.2, 0) is 16.1 Å². The lowest BCUT2D eigenvalue weighted by atomic mass is 9.81. The molecule has 0 radical (unpaired) electrons. The Labute approximate surface area is 113 Å². The number of hydrogen-bond donors (Lipinski definition) is 0. The first-order valence-electron chi connectivity index (χ1n) is 6.94. The van der Waals surface area contributed by atoms with E-state index >= 15 is 0 Å². The van der Waals surface area contributed by atoms with E-state index < -0.39 is 0 Å². The molecule has 4 heteroatoms. The van der Waals surface area contributed by atoms with Gasteiger partial charge in [0.05, 0.1) is 12.5 Å². The molecular weight excluding hydrogens is 240 g/mol. The highest BCUT2D eigenvalue weighted by Crippen LogP contribution is 2.49. The van der Waals surface area contributed by atoms with Crippen molar-refractivity contribution in [3.63, 3.8) is 0 Å². The van der Waals surface area contributed by atoms with Gasteiger partial charge in [0, 0.05) is 32.0 Å². The van der Waals surface area contributed by atoms with Gasteiger partial charge in [-0.15, -0.1) is 0 Å². The Morgan fingerprint density at radius 2 is 2.32 bits per heavy atom. The van der Waals surface area contributed by atoms with E-state index in [2.05, 4.69) is 9.88 Å². The molecule has 1 aliphatic carbocycles. The van der Waals surface area contributed by atoms with E-state index in [1.807, 2.05) is 24.5 Å². The fourth-order valence-corrected chi connectivity index (χ4v) is 3.80. The van der Waals surface area contributed by atoms with E-state index in [9.17, 15) is 4.79 Å². The molecular formula is C15H20N2O2. The molecule has 2 fully saturated rings. The Morgan fingerprint density at radius 3 is 3.05 bits per heavy atom. The summed E-state index contributed by atoms with van der Waals surface area (Å²) in [5.74, 6) is 0.467. The summed E-state index contributed by atoms with van der Waals surface area (Å²) in [6.45, 7) is 2.75. The molecule has 0 unspecified atom stereocenters. The number of carbonyl (C=O) groups excluding carboxylic acids is 1. The molecule has 0 aromatic carbocycles. The van der Waals surface area contributed by atoms with E-state index in [0.717, 1.165) is 38.9 Å². The van der Waals surface area contributed by atoms with Crippen molar-refractivity contribution in [2.24, 2.45) is 11.3 Å². The normalized spacial score (nSPS) is 30.3. The quantitative estimate of drug-likeness (QED) is 0.778. The second-order valence-electron chi connectivity index (χ2n) is 5.76. The van der Waals surface area contributed by atoms with Crippen LogP contribution in [0.5, 0.6) is 0 Å². The van der Waals surface area contributed by atoms with Crippen molar-refractivity contribution in [2.75, 3.05) is 20.2 Å². The zero-order valence-corrected chi connectivity index (χ0v) is 11.3. The van der Waals surface area contributed by atoms with Crippen LogP contribution in [0, 0.1) is 11.3 Å². The highest BCUT2D eigenvalue weighted by atomic mass is 16.5. The van der Waals surface area contributed by atoms with Crippen LogP contribution in [0.2, 0.25) is 0 Å². The van der Waals surface area contributed by atoms with Gasteiger partial charge in [-0.2, -0.15) is 0 Å². The van der Waals surface area contributed by atoms with E-state index in [1.54, 1.807) is 0 Å². The predicted octanol–water partition coefficient (Wildman–Crippen LogP) is 1.86. The lowest BCUT2D eigenvalue weighted by Crippen LogP contribution is -2.36. The Balaban J connectivity index is 1.73. The maximum absolute atomic E-state index is 12.2. The van der Waals surface area contributed by atoms with Gasteiger partial charge in [-0.3, -0.25) is 14.7 Å². The summed E-state index contributed by atoms with van der Waals surface area (Å²) in [5, 5.41) is 0. The molecule has 4 nitrogen and oxygen atoms in total. The summed E-state index contributed by atoms with van der Waals surface area (Å²) in [6.07, 6.45) is 6.94. The van der Waals surface area contributed by atoms with Crippen LogP contribution in [0.3, 0.4) is 0 Å². The molecule has 0 amide bonds. The molecule has 1 aromatic heterocycles. The standard InChI is InChI=1S/C15H20N2O2/c1-19-14(18)15-6-2-3-13(15)10-17(11-15)9-12-4-7-16-8-5-12/h4-5,7-8,13H,2-3,6,9-11H2,1H3/t13-,15+/m0/s1. The van der Waals surface area contributed by atoms with Gasteiger partial charge in [-0.05, 0) is 36.5 Å². The minimum Gasteiger partial charge on any atom is -0.469 e. The molecule has 1 saturated heterocycles. The van der Waals surface area contributed by atoms with Crippen LogP contribution in [0.1, 0.15) is 24.8 Å². The van der Waals surface area contributed by atoms with Crippen LogP contribution in [0.25, 0.3) is 0 Å². The van der Waals surface area contributed by atoms with Gasteiger partial charge in [-0.25, -0.2) is 0 Å². The third-order valence-corrected chi connectivity index (χ3v) is 4.69. The average Bonchev–Trinajstić information content (AvgIpc) is 2.96. The summed E-state index contributed by atoms with van der Waals surface area (Å²) in [7, 11) is 1.51. The number of rotatable bonds is 3. The third kappa shape index (κ3) is 2.14. The third-order valence-electron chi connectivity index (χ3n) is 4.69. The molecule has 19 heavy (non-hydrogen) atoms. The van der Waals surface area contributed by atoms with Crippen molar-refractivity contribution in [2.45, 2.75) is 25.8 Å². The van der Waals surface area contributed by atoms with Gasteiger partial charge in [0.2, 0.25) is 0 Å². The minimum atomic E-state index is -0.234. The summed E-state index contributed by atoms with van der Waals surface area (Å²) in [5.41, 5.74) is 1.02. The Kier molecular flexibility index (Phi) is 3.27. The van der Waals surface area contributed by atoms with Gasteiger partial charge in [-0.1, -0.05) is 6.42 Å². The number of methoxy groups -OCH3 is 1. The monoisotopic (exact) mass is 260 g/mol. The smallest absolute Gasteiger partial charge is 0.313 e. The lowest BCUT2D eigenvalue weighted by molar-refractivity contribution is -0.153. The molecule has 2 atom stereocenters. The largest absolute Gasteiger partial charge is 0.469 e. The molecule has 1 aliphatic heterocycles. The Bertz CT molecular complexity index is 462. The predicted molar refractivity (Wildman–Crippen MR) is 71.3 cm³/mol. The average molecular weight is 260 g/mol. The number of hydrogen-bond acceptors (Lipinski definition) is 4. The van der Waals surface area contributed by atoms with Crippen LogP contribution >= 0.6 is 0 Å². The van der Waals surface area contributed by atoms with Crippen molar-refractivity contribution < 1.29 is 9.53 Å². The number of likely N-dealkylation sites (tertiary alicyclic amines) is 1. The molecule has 0 bridgehead atoms.